The van der Waals surface area contributed by atoms with Gasteiger partial charge in [-0.25, -0.2) is 0 Å². The van der Waals surface area contributed by atoms with Gasteiger partial charge in [0.2, 0.25) is 0 Å². The van der Waals surface area contributed by atoms with Gasteiger partial charge in [0.05, 0.1) is 0 Å². The van der Waals surface area contributed by atoms with E-state index in [1.807, 2.05) is 78.2 Å². The molecule has 1 aliphatic rings. The number of fused-ring (bicyclic) bond motifs is 9. The van der Waals surface area contributed by atoms with E-state index in [0.717, 1.165) is 33.9 Å². The monoisotopic (exact) mass is 786 g/mol. The number of anilines is 2. The van der Waals surface area contributed by atoms with Crippen LogP contribution in [0, 0.1) is 19.1 Å². The van der Waals surface area contributed by atoms with Crippen molar-refractivity contribution in [1.29, 1.82) is 0 Å². The molecule has 0 aliphatic carbocycles. The van der Waals surface area contributed by atoms with Crippen molar-refractivity contribution >= 4 is 42.9 Å². The Labute approximate surface area is 286 Å². The Kier molecular flexibility index (Phi) is 8.30. The average Bonchev–Trinajstić information content (AvgIpc) is 3.47. The van der Waals surface area contributed by atoms with E-state index < -0.39 is 0 Å². The number of nitrogens with zero attached hydrogens (tertiary/aromatic N) is 2. The van der Waals surface area contributed by atoms with E-state index in [2.05, 4.69) is 101 Å². The Bertz CT molecular complexity index is 2260. The van der Waals surface area contributed by atoms with Crippen LogP contribution in [-0.2, 0) is 20.1 Å². The minimum Gasteiger partial charge on any atom is -0.394 e. The van der Waals surface area contributed by atoms with Gasteiger partial charge < -0.3 is 15.3 Å². The fourth-order valence-electron chi connectivity index (χ4n) is 6.02. The van der Waals surface area contributed by atoms with E-state index >= 15 is 0 Å². The van der Waals surface area contributed by atoms with Crippen LogP contribution in [0.1, 0.15) is 5.56 Å². The molecule has 0 unspecified atom stereocenters. The number of hydrogen-bond acceptors (Lipinski definition) is 4. The standard InChI is InChI=1S/C30H19N2S.C11H8N.Ir/c1-18-20-8-6-9-21(18)24-16-25-22-7-2-3-11-29(22)33-30(25)17-28(24)32-27-13-12-19(15-23(20)27)26-10-4-5-14-31-26;1-2-6-10(7-3-1)11-8-4-5-9-12-11;/h2-11,13-17,32H,1H3;1-6,8-9H;/q2*-1;. The van der Waals surface area contributed by atoms with Gasteiger partial charge in [-0.3, -0.25) is 0 Å². The number of rotatable bonds is 2. The van der Waals surface area contributed by atoms with Crippen molar-refractivity contribution in [2.24, 2.45) is 0 Å². The van der Waals surface area contributed by atoms with Gasteiger partial charge in [0.25, 0.3) is 0 Å². The zero-order chi connectivity index (χ0) is 30.2. The van der Waals surface area contributed by atoms with Crippen LogP contribution in [0.15, 0.2) is 140 Å². The molecule has 0 amide bonds. The molecule has 5 heteroatoms. The van der Waals surface area contributed by atoms with Crippen LogP contribution in [0.4, 0.5) is 11.4 Å². The molecule has 0 saturated carbocycles. The maximum Gasteiger partial charge on any atom is 0.0395 e. The van der Waals surface area contributed by atoms with Gasteiger partial charge in [-0.2, -0.15) is 0 Å². The largest absolute Gasteiger partial charge is 0.394 e. The molecule has 2 bridgehead atoms. The molecular formula is C41H27IrN3S-2. The zero-order valence-electron chi connectivity index (χ0n) is 24.9. The molecular weight excluding hydrogens is 759 g/mol. The summed E-state index contributed by atoms with van der Waals surface area (Å²) >= 11 is 1.85. The maximum absolute atomic E-state index is 4.53. The van der Waals surface area contributed by atoms with Crippen LogP contribution in [-0.4, -0.2) is 9.97 Å². The average molecular weight is 786 g/mol. The van der Waals surface area contributed by atoms with Crippen molar-refractivity contribution in [3.63, 3.8) is 0 Å². The van der Waals surface area contributed by atoms with Gasteiger partial charge in [0, 0.05) is 63.9 Å². The first-order valence-electron chi connectivity index (χ1n) is 14.9. The van der Waals surface area contributed by atoms with E-state index in [1.165, 1.54) is 48.0 Å². The van der Waals surface area contributed by atoms with E-state index in [9.17, 15) is 0 Å². The summed E-state index contributed by atoms with van der Waals surface area (Å²) in [5, 5.41) is 6.40. The first-order valence-corrected chi connectivity index (χ1v) is 15.7. The van der Waals surface area contributed by atoms with Crippen LogP contribution in [0.2, 0.25) is 0 Å². The number of hydrogen-bond donors (Lipinski definition) is 1. The Morgan fingerprint density at radius 3 is 1.98 bits per heavy atom. The Balaban J connectivity index is 0.000000220. The molecule has 1 N–H and O–H groups in total. The molecule has 46 heavy (non-hydrogen) atoms. The summed E-state index contributed by atoms with van der Waals surface area (Å²) in [5.74, 6) is 0. The van der Waals surface area contributed by atoms with Gasteiger partial charge >= 0.3 is 0 Å². The van der Waals surface area contributed by atoms with E-state index in [4.69, 9.17) is 0 Å². The Morgan fingerprint density at radius 2 is 1.26 bits per heavy atom. The molecule has 1 aliphatic heterocycles. The SMILES string of the molecule is Cc1c2cccc1-c1cc3c(cc1Nc1c[c-]c(-c4ccccn4)cc1-2)sc1ccccc13.[Ir].[c-]1ccccc1-c1ccccn1. The topological polar surface area (TPSA) is 37.8 Å². The van der Waals surface area contributed by atoms with Crippen LogP contribution in [0.5, 0.6) is 0 Å². The molecule has 5 aromatic carbocycles. The summed E-state index contributed by atoms with van der Waals surface area (Å²) in [7, 11) is 0. The molecule has 4 heterocycles. The first-order chi connectivity index (χ1) is 22.2. The molecule has 3 aromatic heterocycles. The third kappa shape index (κ3) is 5.54. The normalized spacial score (nSPS) is 11.2. The molecule has 0 spiro atoms. The van der Waals surface area contributed by atoms with E-state index in [0.29, 0.717) is 0 Å². The van der Waals surface area contributed by atoms with Crippen molar-refractivity contribution in [3.8, 4) is 44.8 Å². The van der Waals surface area contributed by atoms with Crippen LogP contribution in [0.25, 0.3) is 64.9 Å². The quantitative estimate of drug-likeness (QED) is 0.177. The van der Waals surface area contributed by atoms with Gasteiger partial charge in [-0.1, -0.05) is 66.2 Å². The van der Waals surface area contributed by atoms with Crippen LogP contribution < -0.4 is 5.32 Å². The van der Waals surface area contributed by atoms with Gasteiger partial charge in [-0.05, 0) is 71.0 Å². The number of pyridine rings is 2. The van der Waals surface area contributed by atoms with Crippen LogP contribution >= 0.6 is 11.3 Å². The molecule has 0 saturated heterocycles. The smallest absolute Gasteiger partial charge is 0.0395 e. The predicted molar refractivity (Wildman–Crippen MR) is 189 cm³/mol. The summed E-state index contributed by atoms with van der Waals surface area (Å²) in [5.41, 5.74) is 12.4. The fourth-order valence-corrected chi connectivity index (χ4v) is 7.15. The second kappa shape index (κ2) is 12.8. The second-order valence-electron chi connectivity index (χ2n) is 11.0. The number of benzene rings is 5. The molecule has 9 rings (SSSR count). The zero-order valence-corrected chi connectivity index (χ0v) is 28.1. The first kappa shape index (κ1) is 29.8. The summed E-state index contributed by atoms with van der Waals surface area (Å²) in [6.45, 7) is 2.23. The Hall–Kier alpha value is -4.93. The molecule has 3 nitrogen and oxygen atoms in total. The Morgan fingerprint density at radius 1 is 0.565 bits per heavy atom. The van der Waals surface area contributed by atoms with Gasteiger partial charge in [0.15, 0.2) is 0 Å². The third-order valence-electron chi connectivity index (χ3n) is 8.24. The van der Waals surface area contributed by atoms with Gasteiger partial charge in [0.1, 0.15) is 0 Å². The molecule has 0 fully saturated rings. The molecule has 223 valence electrons. The summed E-state index contributed by atoms with van der Waals surface area (Å²) < 4.78 is 2.62. The summed E-state index contributed by atoms with van der Waals surface area (Å²) in [6.07, 6.45) is 3.62. The van der Waals surface area contributed by atoms with Gasteiger partial charge in [-0.15, -0.1) is 71.0 Å². The van der Waals surface area contributed by atoms with Crippen molar-refractivity contribution in [1.82, 2.24) is 9.97 Å². The molecule has 0 atom stereocenters. The van der Waals surface area contributed by atoms with Crippen molar-refractivity contribution in [3.05, 3.63) is 157 Å². The minimum absolute atomic E-state index is 0. The summed E-state index contributed by atoms with van der Waals surface area (Å²) in [4.78, 5) is 8.75. The number of nitrogens with one attached hydrogen (secondary N) is 1. The maximum atomic E-state index is 4.53. The number of thiophene rings is 1. The molecule has 8 aromatic rings. The molecule has 1 radical (unpaired) electrons. The van der Waals surface area contributed by atoms with Crippen molar-refractivity contribution < 1.29 is 20.1 Å². The fraction of sp³-hybridized carbons (Fsp3) is 0.0244. The predicted octanol–water partition coefficient (Wildman–Crippen LogP) is 11.2. The third-order valence-corrected chi connectivity index (χ3v) is 9.38. The number of aromatic nitrogens is 2. The second-order valence-corrected chi connectivity index (χ2v) is 12.1. The van der Waals surface area contributed by atoms with Crippen molar-refractivity contribution in [2.45, 2.75) is 6.92 Å². The van der Waals surface area contributed by atoms with E-state index in [1.54, 1.807) is 6.20 Å². The summed E-state index contributed by atoms with van der Waals surface area (Å²) in [6, 6.07) is 50.5. The van der Waals surface area contributed by atoms with E-state index in [-0.39, 0.29) is 20.1 Å². The van der Waals surface area contributed by atoms with Crippen LogP contribution in [0.3, 0.4) is 0 Å². The van der Waals surface area contributed by atoms with Crippen molar-refractivity contribution in [2.75, 3.05) is 5.32 Å². The minimum atomic E-state index is 0.